The second kappa shape index (κ2) is 9.56. The first-order chi connectivity index (χ1) is 12.0. The minimum atomic E-state index is -1.38. The predicted molar refractivity (Wildman–Crippen MR) is 102 cm³/mol. The number of imide groups is 1. The van der Waals surface area contributed by atoms with Crippen molar-refractivity contribution in [3.63, 3.8) is 0 Å². The van der Waals surface area contributed by atoms with Crippen molar-refractivity contribution in [2.24, 2.45) is 5.73 Å². The Kier molecular flexibility index (Phi) is 7.43. The largest absolute Gasteiger partial charge is 0.382 e. The number of aliphatic hydroxyl groups excluding tert-OH is 1. The summed E-state index contributed by atoms with van der Waals surface area (Å²) in [6.07, 6.45) is -0.792. The van der Waals surface area contributed by atoms with Crippen LogP contribution in [-0.2, 0) is 16.0 Å². The Bertz CT molecular complexity index is 730. The van der Waals surface area contributed by atoms with Crippen molar-refractivity contribution in [3.8, 4) is 0 Å². The van der Waals surface area contributed by atoms with Crippen LogP contribution in [0, 0.1) is 0 Å². The molecule has 0 heterocycles. The molecule has 0 aliphatic carbocycles. The fraction of sp³-hybridized carbons (Fsp3) is 0.368. The van der Waals surface area contributed by atoms with Crippen LogP contribution in [0.3, 0.4) is 0 Å². The lowest BCUT2D eigenvalue weighted by molar-refractivity contribution is -0.136. The van der Waals surface area contributed by atoms with Gasteiger partial charge in [-0.25, -0.2) is 0 Å². The van der Waals surface area contributed by atoms with Crippen LogP contribution in [0.5, 0.6) is 0 Å². The topological polar surface area (TPSA) is 92.4 Å². The highest BCUT2D eigenvalue weighted by atomic mass is 32.2. The van der Waals surface area contributed by atoms with Crippen LogP contribution in [0.1, 0.15) is 18.9 Å². The van der Waals surface area contributed by atoms with E-state index in [1.165, 1.54) is 0 Å². The first-order valence-corrected chi connectivity index (χ1v) is 9.50. The number of amides is 2. The van der Waals surface area contributed by atoms with Gasteiger partial charge in [-0.2, -0.15) is 11.8 Å². The number of rotatable bonds is 8. The molecule has 4 N–H and O–H groups in total. The first-order valence-electron chi connectivity index (χ1n) is 8.34. The monoisotopic (exact) mass is 360 g/mol. The van der Waals surface area contributed by atoms with Crippen LogP contribution in [0.15, 0.2) is 42.5 Å². The number of carbonyl (C=O) groups excluding carboxylic acids is 2. The lowest BCUT2D eigenvalue weighted by Crippen LogP contribution is -2.48. The van der Waals surface area contributed by atoms with E-state index in [4.69, 9.17) is 5.73 Å². The number of carbonyl (C=O) groups is 2. The summed E-state index contributed by atoms with van der Waals surface area (Å²) in [5, 5.41) is 14.2. The van der Waals surface area contributed by atoms with Gasteiger partial charge in [0.25, 0.3) is 5.91 Å². The van der Waals surface area contributed by atoms with E-state index in [9.17, 15) is 14.7 Å². The maximum atomic E-state index is 12.2. The summed E-state index contributed by atoms with van der Waals surface area (Å²) in [4.78, 5) is 24.2. The molecule has 25 heavy (non-hydrogen) atoms. The Balaban J connectivity index is 1.93. The summed E-state index contributed by atoms with van der Waals surface area (Å²) < 4.78 is 0. The molecule has 0 spiro atoms. The molecule has 2 amide bonds. The quantitative estimate of drug-likeness (QED) is 0.625. The lowest BCUT2D eigenvalue weighted by atomic mass is 10.0. The molecule has 6 heteroatoms. The van der Waals surface area contributed by atoms with E-state index in [-0.39, 0.29) is 6.42 Å². The van der Waals surface area contributed by atoms with E-state index in [0.717, 1.165) is 27.8 Å². The maximum Gasteiger partial charge on any atom is 0.257 e. The highest BCUT2D eigenvalue weighted by Gasteiger charge is 2.24. The van der Waals surface area contributed by atoms with Crippen molar-refractivity contribution < 1.29 is 14.7 Å². The van der Waals surface area contributed by atoms with Gasteiger partial charge in [-0.15, -0.1) is 0 Å². The molecule has 0 radical (unpaired) electrons. The number of aliphatic hydroxyl groups is 1. The molecule has 0 saturated carbocycles. The highest BCUT2D eigenvalue weighted by Crippen LogP contribution is 2.18. The molecule has 2 rings (SSSR count). The average Bonchev–Trinajstić information content (AvgIpc) is 2.61. The summed E-state index contributed by atoms with van der Waals surface area (Å²) in [6, 6.07) is 12.8. The first kappa shape index (κ1) is 19.4. The summed E-state index contributed by atoms with van der Waals surface area (Å²) in [5.41, 5.74) is 6.66. The molecule has 0 fully saturated rings. The van der Waals surface area contributed by atoms with Gasteiger partial charge in [0.05, 0.1) is 6.42 Å². The predicted octanol–water partition coefficient (Wildman–Crippen LogP) is 1.86. The third kappa shape index (κ3) is 5.56. The van der Waals surface area contributed by atoms with Crippen LogP contribution < -0.4 is 11.1 Å². The molecule has 2 aromatic rings. The van der Waals surface area contributed by atoms with Gasteiger partial charge < -0.3 is 10.8 Å². The zero-order chi connectivity index (χ0) is 18.2. The van der Waals surface area contributed by atoms with Crippen LogP contribution in [0.4, 0.5) is 0 Å². The maximum absolute atomic E-state index is 12.2. The lowest BCUT2D eigenvalue weighted by Gasteiger charge is -2.17. The zero-order valence-corrected chi connectivity index (χ0v) is 15.1. The van der Waals surface area contributed by atoms with E-state index < -0.39 is 24.0 Å². The van der Waals surface area contributed by atoms with Crippen LogP contribution in [0.25, 0.3) is 10.8 Å². The second-order valence-electron chi connectivity index (χ2n) is 5.82. The van der Waals surface area contributed by atoms with Crippen LogP contribution in [-0.4, -0.2) is 40.6 Å². The number of fused-ring (bicyclic) bond motifs is 1. The Labute approximate surface area is 152 Å². The fourth-order valence-electron chi connectivity index (χ4n) is 2.59. The van der Waals surface area contributed by atoms with E-state index in [0.29, 0.717) is 6.42 Å². The smallest absolute Gasteiger partial charge is 0.257 e. The molecule has 0 aromatic heterocycles. The number of nitrogens with one attached hydrogen (secondary N) is 1. The number of hydrogen-bond donors (Lipinski definition) is 3. The van der Waals surface area contributed by atoms with Crippen LogP contribution in [0.2, 0.25) is 0 Å². The van der Waals surface area contributed by atoms with Gasteiger partial charge in [-0.1, -0.05) is 49.4 Å². The van der Waals surface area contributed by atoms with E-state index in [1.807, 2.05) is 49.4 Å². The third-order valence-corrected chi connectivity index (χ3v) is 4.90. The Morgan fingerprint density at radius 3 is 2.68 bits per heavy atom. The average molecular weight is 360 g/mol. The number of benzene rings is 2. The summed E-state index contributed by atoms with van der Waals surface area (Å²) in [5.74, 6) is 0.541. The number of thioether (sulfide) groups is 1. The standard InChI is InChI=1S/C19H24N2O3S/c1-2-25-11-10-16(20)18(23)19(24)21-17(22)12-14-8-5-7-13-6-3-4-9-15(13)14/h3-9,16,18,23H,2,10-12,20H2,1H3,(H,21,22,24)/t16-,18+/m1/s1. The second-order valence-corrected chi connectivity index (χ2v) is 7.22. The van der Waals surface area contributed by atoms with Gasteiger partial charge in [0.1, 0.15) is 6.10 Å². The summed E-state index contributed by atoms with van der Waals surface area (Å²) >= 11 is 1.69. The number of hydrogen-bond acceptors (Lipinski definition) is 5. The Morgan fingerprint density at radius 2 is 1.92 bits per heavy atom. The van der Waals surface area contributed by atoms with Gasteiger partial charge >= 0.3 is 0 Å². The molecule has 0 aliphatic heterocycles. The molecule has 0 aliphatic rings. The van der Waals surface area contributed by atoms with Crippen molar-refractivity contribution >= 4 is 34.3 Å². The Morgan fingerprint density at radius 1 is 1.20 bits per heavy atom. The van der Waals surface area contributed by atoms with Gasteiger partial charge in [0.15, 0.2) is 0 Å². The van der Waals surface area contributed by atoms with Gasteiger partial charge in [-0.3, -0.25) is 14.9 Å². The molecule has 134 valence electrons. The summed E-state index contributed by atoms with van der Waals surface area (Å²) in [7, 11) is 0. The Hall–Kier alpha value is -1.89. The SMILES string of the molecule is CCSCC[C@@H](N)[C@H](O)C(=O)NC(=O)Cc1cccc2ccccc12. The van der Waals surface area contributed by atoms with E-state index in [2.05, 4.69) is 5.32 Å². The zero-order valence-electron chi connectivity index (χ0n) is 14.3. The van der Waals surface area contributed by atoms with Crippen molar-refractivity contribution in [1.82, 2.24) is 5.32 Å². The van der Waals surface area contributed by atoms with Crippen molar-refractivity contribution in [3.05, 3.63) is 48.0 Å². The van der Waals surface area contributed by atoms with Crippen LogP contribution >= 0.6 is 11.8 Å². The van der Waals surface area contributed by atoms with E-state index >= 15 is 0 Å². The van der Waals surface area contributed by atoms with Crippen molar-refractivity contribution in [1.29, 1.82) is 0 Å². The molecular formula is C19H24N2O3S. The molecule has 5 nitrogen and oxygen atoms in total. The minimum Gasteiger partial charge on any atom is -0.382 e. The summed E-state index contributed by atoms with van der Waals surface area (Å²) in [6.45, 7) is 2.03. The molecular weight excluding hydrogens is 336 g/mol. The third-order valence-electron chi connectivity index (χ3n) is 3.97. The van der Waals surface area contributed by atoms with E-state index in [1.54, 1.807) is 11.8 Å². The van der Waals surface area contributed by atoms with Crippen molar-refractivity contribution in [2.75, 3.05) is 11.5 Å². The normalized spacial score (nSPS) is 13.4. The molecule has 0 bridgehead atoms. The highest BCUT2D eigenvalue weighted by molar-refractivity contribution is 7.99. The molecule has 2 aromatic carbocycles. The van der Waals surface area contributed by atoms with Gasteiger partial charge in [0.2, 0.25) is 5.91 Å². The van der Waals surface area contributed by atoms with Crippen molar-refractivity contribution in [2.45, 2.75) is 31.9 Å². The fourth-order valence-corrected chi connectivity index (χ4v) is 3.32. The molecule has 0 saturated heterocycles. The van der Waals surface area contributed by atoms with Gasteiger partial charge in [-0.05, 0) is 34.3 Å². The minimum absolute atomic E-state index is 0.0702. The number of nitrogens with two attached hydrogens (primary N) is 1. The molecule has 2 atom stereocenters. The molecule has 0 unspecified atom stereocenters. The van der Waals surface area contributed by atoms with Gasteiger partial charge in [0, 0.05) is 6.04 Å².